The van der Waals surface area contributed by atoms with Gasteiger partial charge in [-0.25, -0.2) is 0 Å². The van der Waals surface area contributed by atoms with E-state index in [4.69, 9.17) is 4.42 Å². The van der Waals surface area contributed by atoms with Gasteiger partial charge in [-0.15, -0.1) is 5.10 Å². The fourth-order valence-corrected chi connectivity index (χ4v) is 2.03. The predicted molar refractivity (Wildman–Crippen MR) is 63.6 cm³/mol. The Morgan fingerprint density at radius 3 is 2.76 bits per heavy atom. The van der Waals surface area contributed by atoms with Crippen LogP contribution in [0.5, 0.6) is 0 Å². The zero-order chi connectivity index (χ0) is 11.5. The minimum absolute atomic E-state index is 0.540. The van der Waals surface area contributed by atoms with Gasteiger partial charge in [-0.05, 0) is 31.4 Å². The Labute approximate surface area is 99.5 Å². The Balaban J connectivity index is 1.83. The van der Waals surface area contributed by atoms with E-state index in [0.29, 0.717) is 11.9 Å². The van der Waals surface area contributed by atoms with Crippen LogP contribution in [0.3, 0.4) is 0 Å². The lowest BCUT2D eigenvalue weighted by Gasteiger charge is -2.24. The summed E-state index contributed by atoms with van der Waals surface area (Å²) >= 11 is 0. The van der Waals surface area contributed by atoms with Gasteiger partial charge in [0.15, 0.2) is 0 Å². The minimum atomic E-state index is 0.540. The number of hydrogen-bond acceptors (Lipinski definition) is 5. The normalized spacial score (nSPS) is 16.1. The molecule has 1 saturated heterocycles. The summed E-state index contributed by atoms with van der Waals surface area (Å²) in [4.78, 5) is 6.19. The molecule has 3 rings (SSSR count). The highest BCUT2D eigenvalue weighted by atomic mass is 16.4. The van der Waals surface area contributed by atoms with Gasteiger partial charge in [-0.3, -0.25) is 4.98 Å². The molecule has 0 aromatic carbocycles. The second-order valence-electron chi connectivity index (χ2n) is 4.18. The van der Waals surface area contributed by atoms with E-state index in [0.717, 1.165) is 18.7 Å². The van der Waals surface area contributed by atoms with E-state index in [1.165, 1.54) is 19.3 Å². The molecule has 1 aliphatic rings. The molecule has 1 aliphatic heterocycles. The molecule has 0 aliphatic carbocycles. The summed E-state index contributed by atoms with van der Waals surface area (Å²) in [6, 6.07) is 4.41. The SMILES string of the molecule is c1cncc(-c2nnc(N3CCCCC3)o2)c1. The van der Waals surface area contributed by atoms with Crippen LogP contribution >= 0.6 is 0 Å². The smallest absolute Gasteiger partial charge is 0.318 e. The molecular formula is C12H14N4O. The lowest BCUT2D eigenvalue weighted by Crippen LogP contribution is -2.29. The fraction of sp³-hybridized carbons (Fsp3) is 0.417. The minimum Gasteiger partial charge on any atom is -0.403 e. The summed E-state index contributed by atoms with van der Waals surface area (Å²) in [5.74, 6) is 0.540. The molecule has 0 N–H and O–H groups in total. The van der Waals surface area contributed by atoms with Crippen LogP contribution in [0.2, 0.25) is 0 Å². The Kier molecular flexibility index (Phi) is 2.73. The van der Waals surface area contributed by atoms with E-state index in [-0.39, 0.29) is 0 Å². The second-order valence-corrected chi connectivity index (χ2v) is 4.18. The van der Waals surface area contributed by atoms with E-state index in [9.17, 15) is 0 Å². The van der Waals surface area contributed by atoms with Gasteiger partial charge in [0, 0.05) is 25.5 Å². The van der Waals surface area contributed by atoms with E-state index in [1.54, 1.807) is 12.4 Å². The number of rotatable bonds is 2. The van der Waals surface area contributed by atoms with E-state index in [1.807, 2.05) is 12.1 Å². The molecular weight excluding hydrogens is 216 g/mol. The van der Waals surface area contributed by atoms with Crippen LogP contribution in [-0.4, -0.2) is 28.3 Å². The summed E-state index contributed by atoms with van der Waals surface area (Å²) in [6.07, 6.45) is 7.15. The first-order valence-electron chi connectivity index (χ1n) is 5.92. The first kappa shape index (κ1) is 10.3. The molecule has 1 fully saturated rings. The standard InChI is InChI=1S/C12H14N4O/c1-2-7-16(8-3-1)12-15-14-11(17-12)10-5-4-6-13-9-10/h4-6,9H,1-3,7-8H2. The average molecular weight is 230 g/mol. The average Bonchev–Trinajstić information content (AvgIpc) is 2.90. The van der Waals surface area contributed by atoms with E-state index >= 15 is 0 Å². The number of anilines is 1. The van der Waals surface area contributed by atoms with E-state index < -0.39 is 0 Å². The zero-order valence-corrected chi connectivity index (χ0v) is 9.54. The second kappa shape index (κ2) is 4.53. The van der Waals surface area contributed by atoms with Crippen molar-refractivity contribution in [3.63, 3.8) is 0 Å². The van der Waals surface area contributed by atoms with Crippen LogP contribution in [-0.2, 0) is 0 Å². The molecule has 0 saturated carbocycles. The Morgan fingerprint density at radius 2 is 2.00 bits per heavy atom. The number of piperidine rings is 1. The van der Waals surface area contributed by atoms with Crippen LogP contribution in [0.1, 0.15) is 19.3 Å². The van der Waals surface area contributed by atoms with Gasteiger partial charge >= 0.3 is 6.01 Å². The van der Waals surface area contributed by atoms with Gasteiger partial charge in [0.05, 0.1) is 5.56 Å². The zero-order valence-electron chi connectivity index (χ0n) is 9.54. The van der Waals surface area contributed by atoms with Crippen LogP contribution in [0, 0.1) is 0 Å². The van der Waals surface area contributed by atoms with Crippen LogP contribution in [0.25, 0.3) is 11.5 Å². The molecule has 0 atom stereocenters. The van der Waals surface area contributed by atoms with Crippen molar-refractivity contribution >= 4 is 6.01 Å². The first-order chi connectivity index (χ1) is 8.43. The fourth-order valence-electron chi connectivity index (χ4n) is 2.03. The largest absolute Gasteiger partial charge is 0.403 e. The topological polar surface area (TPSA) is 55.1 Å². The molecule has 0 spiro atoms. The summed E-state index contributed by atoms with van der Waals surface area (Å²) < 4.78 is 5.67. The van der Waals surface area contributed by atoms with Gasteiger partial charge in [-0.2, -0.15) is 0 Å². The van der Waals surface area contributed by atoms with Crippen molar-refractivity contribution in [2.75, 3.05) is 18.0 Å². The number of nitrogens with zero attached hydrogens (tertiary/aromatic N) is 4. The number of aromatic nitrogens is 3. The third kappa shape index (κ3) is 2.13. The molecule has 0 unspecified atom stereocenters. The van der Waals surface area contributed by atoms with Crippen molar-refractivity contribution < 1.29 is 4.42 Å². The lowest BCUT2D eigenvalue weighted by atomic mass is 10.1. The highest BCUT2D eigenvalue weighted by Gasteiger charge is 2.17. The third-order valence-corrected chi connectivity index (χ3v) is 2.95. The molecule has 0 amide bonds. The summed E-state index contributed by atoms with van der Waals surface area (Å²) in [6.45, 7) is 2.02. The maximum atomic E-state index is 5.67. The van der Waals surface area contributed by atoms with Gasteiger partial charge in [0.1, 0.15) is 0 Å². The maximum absolute atomic E-state index is 5.67. The van der Waals surface area contributed by atoms with Gasteiger partial charge in [0.25, 0.3) is 5.89 Å². The Bertz CT molecular complexity index is 476. The highest BCUT2D eigenvalue weighted by molar-refractivity contribution is 5.51. The number of pyridine rings is 1. The summed E-state index contributed by atoms with van der Waals surface area (Å²) in [5, 5.41) is 8.16. The van der Waals surface area contributed by atoms with Crippen molar-refractivity contribution in [3.8, 4) is 11.5 Å². The van der Waals surface area contributed by atoms with Crippen molar-refractivity contribution in [1.29, 1.82) is 0 Å². The van der Waals surface area contributed by atoms with Crippen molar-refractivity contribution in [2.45, 2.75) is 19.3 Å². The highest BCUT2D eigenvalue weighted by Crippen LogP contribution is 2.23. The first-order valence-corrected chi connectivity index (χ1v) is 5.92. The van der Waals surface area contributed by atoms with Crippen molar-refractivity contribution in [3.05, 3.63) is 24.5 Å². The molecule has 17 heavy (non-hydrogen) atoms. The molecule has 5 nitrogen and oxygen atoms in total. The summed E-state index contributed by atoms with van der Waals surface area (Å²) in [5.41, 5.74) is 0.864. The molecule has 2 aromatic heterocycles. The van der Waals surface area contributed by atoms with Gasteiger partial charge < -0.3 is 9.32 Å². The molecule has 5 heteroatoms. The van der Waals surface area contributed by atoms with Crippen molar-refractivity contribution in [1.82, 2.24) is 15.2 Å². The monoisotopic (exact) mass is 230 g/mol. The molecule has 0 bridgehead atoms. The van der Waals surface area contributed by atoms with E-state index in [2.05, 4.69) is 20.1 Å². The summed E-state index contributed by atoms with van der Waals surface area (Å²) in [7, 11) is 0. The number of hydrogen-bond donors (Lipinski definition) is 0. The Morgan fingerprint density at radius 1 is 1.12 bits per heavy atom. The molecule has 88 valence electrons. The van der Waals surface area contributed by atoms with Crippen LogP contribution in [0.4, 0.5) is 6.01 Å². The van der Waals surface area contributed by atoms with Gasteiger partial charge in [0.2, 0.25) is 0 Å². The van der Waals surface area contributed by atoms with Gasteiger partial charge in [-0.1, -0.05) is 5.10 Å². The third-order valence-electron chi connectivity index (χ3n) is 2.95. The Hall–Kier alpha value is -1.91. The molecule has 2 aromatic rings. The van der Waals surface area contributed by atoms with Crippen LogP contribution < -0.4 is 4.90 Å². The molecule has 0 radical (unpaired) electrons. The van der Waals surface area contributed by atoms with Crippen LogP contribution in [0.15, 0.2) is 28.9 Å². The lowest BCUT2D eigenvalue weighted by molar-refractivity contribution is 0.498. The maximum Gasteiger partial charge on any atom is 0.318 e. The predicted octanol–water partition coefficient (Wildman–Crippen LogP) is 2.12. The van der Waals surface area contributed by atoms with Crippen molar-refractivity contribution in [2.24, 2.45) is 0 Å². The molecule has 3 heterocycles. The quantitative estimate of drug-likeness (QED) is 0.791.